The summed E-state index contributed by atoms with van der Waals surface area (Å²) < 4.78 is 6.46. The molecule has 1 unspecified atom stereocenters. The molecule has 1 saturated heterocycles. The Bertz CT molecular complexity index is 968. The average molecular weight is 383 g/mol. The van der Waals surface area contributed by atoms with Crippen LogP contribution >= 0.6 is 0 Å². The summed E-state index contributed by atoms with van der Waals surface area (Å²) in [6.45, 7) is 2.49. The molecule has 0 spiro atoms. The van der Waals surface area contributed by atoms with E-state index in [9.17, 15) is 9.59 Å². The Balaban J connectivity index is 0.000000236. The Hall–Kier alpha value is -3.46. The largest absolute Gasteiger partial charge is 0.383 e. The van der Waals surface area contributed by atoms with Gasteiger partial charge in [0.05, 0.1) is 5.69 Å². The molecule has 28 heavy (non-hydrogen) atoms. The third-order valence-corrected chi connectivity index (χ3v) is 4.37. The average Bonchev–Trinajstić information content (AvgIpc) is 3.41. The van der Waals surface area contributed by atoms with Gasteiger partial charge in [0.15, 0.2) is 5.69 Å². The third kappa shape index (κ3) is 4.09. The summed E-state index contributed by atoms with van der Waals surface area (Å²) in [6.07, 6.45) is 3.16. The molecule has 4 rings (SSSR count). The number of aromatic nitrogens is 3. The zero-order valence-electron chi connectivity index (χ0n) is 15.6. The molecule has 1 aromatic carbocycles. The van der Waals surface area contributed by atoms with Crippen molar-refractivity contribution in [1.82, 2.24) is 19.8 Å². The predicted molar refractivity (Wildman–Crippen MR) is 101 cm³/mol. The Morgan fingerprint density at radius 3 is 2.64 bits per heavy atom. The first-order valence-corrected chi connectivity index (χ1v) is 8.67. The lowest BCUT2D eigenvalue weighted by molar-refractivity contribution is -0.133. The molecule has 1 atom stereocenters. The van der Waals surface area contributed by atoms with Crippen molar-refractivity contribution in [2.75, 3.05) is 13.6 Å². The molecule has 0 saturated carbocycles. The van der Waals surface area contributed by atoms with Gasteiger partial charge in [-0.05, 0) is 25.5 Å². The Morgan fingerprint density at radius 2 is 2.14 bits per heavy atom. The van der Waals surface area contributed by atoms with E-state index in [4.69, 9.17) is 15.4 Å². The molecule has 1 aliphatic heterocycles. The number of primary amides is 1. The first-order valence-electron chi connectivity index (χ1n) is 8.67. The van der Waals surface area contributed by atoms with E-state index >= 15 is 0 Å². The van der Waals surface area contributed by atoms with Crippen molar-refractivity contribution in [3.63, 3.8) is 0 Å². The fourth-order valence-corrected chi connectivity index (χ4v) is 2.81. The van der Waals surface area contributed by atoms with E-state index < -0.39 is 12.0 Å². The molecule has 0 radical (unpaired) electrons. The summed E-state index contributed by atoms with van der Waals surface area (Å²) >= 11 is 0. The van der Waals surface area contributed by atoms with Gasteiger partial charge in [0.25, 0.3) is 11.8 Å². The highest BCUT2D eigenvalue weighted by molar-refractivity contribution is 5.92. The highest BCUT2D eigenvalue weighted by Crippen LogP contribution is 2.20. The summed E-state index contributed by atoms with van der Waals surface area (Å²) in [6, 6.07) is 9.39. The smallest absolute Gasteiger partial charge is 0.269 e. The van der Waals surface area contributed by atoms with E-state index in [0.29, 0.717) is 13.0 Å². The van der Waals surface area contributed by atoms with Crippen molar-refractivity contribution in [3.8, 4) is 16.9 Å². The number of likely N-dealkylation sites (N-methyl/N-ethyl adjacent to an activating group) is 1. The first-order chi connectivity index (χ1) is 13.4. The standard InChI is InChI=1S/C14H12N4O2.C5H9NO2/c1-9-8-18(16-13(9)14(15)19)11-4-2-3-10(7-11)12-5-6-20-17-12;1-6-3-2-4(7)5(6)8/h2-8H,1H3,(H2,15,19);4,7H,2-3H2,1H3. The molecule has 0 bridgehead atoms. The molecule has 2 aromatic heterocycles. The fraction of sp³-hybridized carbons (Fsp3) is 0.263. The minimum absolute atomic E-state index is 0.148. The van der Waals surface area contributed by atoms with Crippen LogP contribution in [0.1, 0.15) is 22.5 Å². The topological polar surface area (TPSA) is 127 Å². The van der Waals surface area contributed by atoms with E-state index in [1.54, 1.807) is 30.9 Å². The maximum Gasteiger partial charge on any atom is 0.269 e. The van der Waals surface area contributed by atoms with Gasteiger partial charge in [-0.2, -0.15) is 5.10 Å². The van der Waals surface area contributed by atoms with Crippen LogP contribution in [0.3, 0.4) is 0 Å². The van der Waals surface area contributed by atoms with Gasteiger partial charge in [-0.1, -0.05) is 17.3 Å². The minimum atomic E-state index is -0.722. The van der Waals surface area contributed by atoms with E-state index in [1.165, 1.54) is 11.2 Å². The Kier molecular flexibility index (Phi) is 5.55. The Morgan fingerprint density at radius 1 is 1.36 bits per heavy atom. The minimum Gasteiger partial charge on any atom is -0.383 e. The van der Waals surface area contributed by atoms with Gasteiger partial charge in [-0.3, -0.25) is 9.59 Å². The highest BCUT2D eigenvalue weighted by atomic mass is 16.5. The number of carbonyl (C=O) groups excluding carboxylic acids is 2. The molecule has 3 N–H and O–H groups in total. The number of hydrogen-bond acceptors (Lipinski definition) is 6. The number of amides is 2. The number of rotatable bonds is 3. The lowest BCUT2D eigenvalue weighted by Gasteiger charge is -2.04. The number of nitrogens with zero attached hydrogens (tertiary/aromatic N) is 4. The molecule has 9 nitrogen and oxygen atoms in total. The predicted octanol–water partition coefficient (Wildman–Crippen LogP) is 1.14. The lowest BCUT2D eigenvalue weighted by atomic mass is 10.1. The molecule has 0 aliphatic carbocycles. The number of aliphatic hydroxyl groups is 1. The van der Waals surface area contributed by atoms with Crippen LogP contribution in [0, 0.1) is 6.92 Å². The zero-order chi connectivity index (χ0) is 20.3. The summed E-state index contributed by atoms with van der Waals surface area (Å²) in [5.74, 6) is -0.682. The van der Waals surface area contributed by atoms with Crippen molar-refractivity contribution in [2.24, 2.45) is 5.73 Å². The summed E-state index contributed by atoms with van der Waals surface area (Å²) in [7, 11) is 1.69. The summed E-state index contributed by atoms with van der Waals surface area (Å²) in [5.41, 5.74) is 8.76. The van der Waals surface area contributed by atoms with Crippen molar-refractivity contribution < 1.29 is 19.2 Å². The number of aliphatic hydroxyl groups excluding tert-OH is 1. The second kappa shape index (κ2) is 8.05. The van der Waals surface area contributed by atoms with Gasteiger partial charge in [-0.15, -0.1) is 0 Å². The van der Waals surface area contributed by atoms with Crippen LogP contribution in [-0.2, 0) is 4.79 Å². The molecular weight excluding hydrogens is 362 g/mol. The number of carbonyl (C=O) groups is 2. The second-order valence-corrected chi connectivity index (χ2v) is 6.47. The van der Waals surface area contributed by atoms with E-state index in [0.717, 1.165) is 22.5 Å². The van der Waals surface area contributed by atoms with Crippen LogP contribution in [0.2, 0.25) is 0 Å². The number of likely N-dealkylation sites (tertiary alicyclic amines) is 1. The van der Waals surface area contributed by atoms with Gasteiger partial charge >= 0.3 is 0 Å². The summed E-state index contributed by atoms with van der Waals surface area (Å²) in [5, 5.41) is 16.9. The van der Waals surface area contributed by atoms with Crippen LogP contribution in [0.5, 0.6) is 0 Å². The number of aryl methyl sites for hydroxylation is 1. The quantitative estimate of drug-likeness (QED) is 0.698. The molecule has 1 aliphatic rings. The lowest BCUT2D eigenvalue weighted by Crippen LogP contribution is -2.24. The van der Waals surface area contributed by atoms with Crippen LogP contribution in [0.15, 0.2) is 47.3 Å². The maximum absolute atomic E-state index is 11.2. The third-order valence-electron chi connectivity index (χ3n) is 4.37. The molecule has 3 aromatic rings. The first kappa shape index (κ1) is 19.3. The van der Waals surface area contributed by atoms with E-state index in [2.05, 4.69) is 10.3 Å². The van der Waals surface area contributed by atoms with Gasteiger partial charge < -0.3 is 20.3 Å². The van der Waals surface area contributed by atoms with Crippen LogP contribution in [-0.4, -0.2) is 56.5 Å². The van der Waals surface area contributed by atoms with E-state index in [-0.39, 0.29) is 11.6 Å². The van der Waals surface area contributed by atoms with Crippen LogP contribution in [0.4, 0.5) is 0 Å². The number of benzene rings is 1. The Labute approximate surface area is 161 Å². The highest BCUT2D eigenvalue weighted by Gasteiger charge is 2.26. The number of nitrogens with two attached hydrogens (primary N) is 1. The fourth-order valence-electron chi connectivity index (χ4n) is 2.81. The number of hydrogen-bond donors (Lipinski definition) is 2. The molecular formula is C19H21N5O4. The molecule has 3 heterocycles. The van der Waals surface area contributed by atoms with Crippen molar-refractivity contribution in [1.29, 1.82) is 0 Å². The molecule has 9 heteroatoms. The van der Waals surface area contributed by atoms with Gasteiger partial charge in [0.1, 0.15) is 18.1 Å². The monoisotopic (exact) mass is 383 g/mol. The zero-order valence-corrected chi connectivity index (χ0v) is 15.6. The van der Waals surface area contributed by atoms with Gasteiger partial charge in [0, 0.05) is 37.0 Å². The van der Waals surface area contributed by atoms with Gasteiger partial charge in [0.2, 0.25) is 0 Å². The van der Waals surface area contributed by atoms with E-state index in [1.807, 2.05) is 24.3 Å². The van der Waals surface area contributed by atoms with Crippen molar-refractivity contribution in [3.05, 3.63) is 54.0 Å². The summed E-state index contributed by atoms with van der Waals surface area (Å²) in [4.78, 5) is 23.4. The molecule has 2 amide bonds. The van der Waals surface area contributed by atoms with Gasteiger partial charge in [-0.25, -0.2) is 4.68 Å². The van der Waals surface area contributed by atoms with Crippen molar-refractivity contribution >= 4 is 11.8 Å². The second-order valence-electron chi connectivity index (χ2n) is 6.47. The van der Waals surface area contributed by atoms with Crippen LogP contribution in [0.25, 0.3) is 16.9 Å². The SMILES string of the molecule is CN1CCC(O)C1=O.Cc1cn(-c2cccc(-c3ccon3)c2)nc1C(N)=O. The van der Waals surface area contributed by atoms with Crippen LogP contribution < -0.4 is 5.73 Å². The maximum atomic E-state index is 11.2. The molecule has 1 fully saturated rings. The molecule has 146 valence electrons. The normalized spacial score (nSPS) is 16.0. The van der Waals surface area contributed by atoms with Crippen molar-refractivity contribution in [2.45, 2.75) is 19.4 Å².